The van der Waals surface area contributed by atoms with Crippen LogP contribution in [-0.4, -0.2) is 20.7 Å². The van der Waals surface area contributed by atoms with Crippen molar-refractivity contribution in [2.24, 2.45) is 0 Å². The Morgan fingerprint density at radius 2 is 2.00 bits per heavy atom. The van der Waals surface area contributed by atoms with Gasteiger partial charge in [0.2, 0.25) is 0 Å². The van der Waals surface area contributed by atoms with Gasteiger partial charge in [0.05, 0.1) is 11.6 Å². The molecule has 2 N–H and O–H groups in total. The van der Waals surface area contributed by atoms with Crippen molar-refractivity contribution in [3.05, 3.63) is 41.8 Å². The third-order valence-corrected chi connectivity index (χ3v) is 3.92. The molecule has 3 aromatic rings. The van der Waals surface area contributed by atoms with Crippen LogP contribution in [0.5, 0.6) is 0 Å². The van der Waals surface area contributed by atoms with Crippen molar-refractivity contribution in [1.82, 2.24) is 15.0 Å². The van der Waals surface area contributed by atoms with Gasteiger partial charge in [-0.25, -0.2) is 14.4 Å². The van der Waals surface area contributed by atoms with Crippen LogP contribution in [-0.2, 0) is 12.6 Å². The molecule has 0 radical (unpaired) electrons. The number of aryl methyl sites for hydroxylation is 1. The van der Waals surface area contributed by atoms with Crippen molar-refractivity contribution in [2.75, 3.05) is 11.5 Å². The fourth-order valence-corrected chi connectivity index (χ4v) is 2.81. The Hall–Kier alpha value is -2.36. The van der Waals surface area contributed by atoms with Crippen LogP contribution in [0.2, 0.25) is 0 Å². The molecule has 5 nitrogen and oxygen atoms in total. The molecule has 3 aromatic heterocycles. The van der Waals surface area contributed by atoms with Crippen LogP contribution < -0.4 is 5.73 Å². The highest BCUT2D eigenvalue weighted by molar-refractivity contribution is 7.99. The highest BCUT2D eigenvalue weighted by Gasteiger charge is 2.33. The minimum absolute atomic E-state index is 0.0714. The number of nitrogens with zero attached hydrogens (tertiary/aromatic N) is 3. The van der Waals surface area contributed by atoms with Gasteiger partial charge in [0.1, 0.15) is 12.1 Å². The molecule has 3 heterocycles. The molecule has 10 heteroatoms. The molecule has 24 heavy (non-hydrogen) atoms. The lowest BCUT2D eigenvalue weighted by Gasteiger charge is -2.08. The van der Waals surface area contributed by atoms with E-state index in [9.17, 15) is 17.6 Å². The third-order valence-electron chi connectivity index (χ3n) is 3.08. The number of furan rings is 1. The van der Waals surface area contributed by atoms with E-state index in [4.69, 9.17) is 10.2 Å². The summed E-state index contributed by atoms with van der Waals surface area (Å²) in [6.07, 6.45) is -1.80. The average Bonchev–Trinajstić information content (AvgIpc) is 2.87. The van der Waals surface area contributed by atoms with E-state index < -0.39 is 17.7 Å². The summed E-state index contributed by atoms with van der Waals surface area (Å²) >= 11 is 1.01. The first-order valence-corrected chi connectivity index (χ1v) is 7.67. The molecule has 0 aliphatic carbocycles. The minimum atomic E-state index is -4.59. The third kappa shape index (κ3) is 3.58. The van der Waals surface area contributed by atoms with Crippen LogP contribution in [0.3, 0.4) is 0 Å². The Bertz CT molecular complexity index is 881. The van der Waals surface area contributed by atoms with Crippen LogP contribution in [0.4, 0.5) is 23.4 Å². The number of anilines is 1. The SMILES string of the molecule is Nc1cc(C(F)(F)F)nc(SCCc2cc3c(F)coc3cn2)n1. The lowest BCUT2D eigenvalue weighted by molar-refractivity contribution is -0.141. The number of nitrogens with two attached hydrogens (primary N) is 1. The number of fused-ring (bicyclic) bond motifs is 1. The Morgan fingerprint density at radius 3 is 2.75 bits per heavy atom. The summed E-state index contributed by atoms with van der Waals surface area (Å²) in [5.41, 5.74) is 5.20. The first kappa shape index (κ1) is 16.5. The molecule has 0 spiro atoms. The molecule has 0 saturated carbocycles. The lowest BCUT2D eigenvalue weighted by Crippen LogP contribution is -2.11. The van der Waals surface area contributed by atoms with E-state index in [1.165, 1.54) is 12.3 Å². The summed E-state index contributed by atoms with van der Waals surface area (Å²) < 4.78 is 56.4. The molecule has 0 unspecified atom stereocenters. The molecule has 126 valence electrons. The zero-order valence-corrected chi connectivity index (χ0v) is 12.8. The Labute approximate surface area is 137 Å². The van der Waals surface area contributed by atoms with Gasteiger partial charge in [-0.3, -0.25) is 4.98 Å². The molecular formula is C14H10F4N4OS. The van der Waals surface area contributed by atoms with Gasteiger partial charge in [0, 0.05) is 17.5 Å². The van der Waals surface area contributed by atoms with Gasteiger partial charge in [-0.05, 0) is 12.5 Å². The van der Waals surface area contributed by atoms with Crippen molar-refractivity contribution in [2.45, 2.75) is 17.8 Å². The number of thioether (sulfide) groups is 1. The van der Waals surface area contributed by atoms with E-state index in [0.717, 1.165) is 18.0 Å². The number of aromatic nitrogens is 3. The van der Waals surface area contributed by atoms with Gasteiger partial charge < -0.3 is 10.2 Å². The minimum Gasteiger partial charge on any atom is -0.460 e. The predicted molar refractivity (Wildman–Crippen MR) is 79.8 cm³/mol. The molecular weight excluding hydrogens is 348 g/mol. The molecule has 0 fully saturated rings. The summed E-state index contributed by atoms with van der Waals surface area (Å²) in [4.78, 5) is 11.3. The zero-order valence-electron chi connectivity index (χ0n) is 12.0. The topological polar surface area (TPSA) is 77.8 Å². The van der Waals surface area contributed by atoms with Gasteiger partial charge in [-0.15, -0.1) is 0 Å². The van der Waals surface area contributed by atoms with E-state index in [1.54, 1.807) is 0 Å². The highest BCUT2D eigenvalue weighted by atomic mass is 32.2. The van der Waals surface area contributed by atoms with Crippen LogP contribution in [0.15, 0.2) is 34.2 Å². The monoisotopic (exact) mass is 358 g/mol. The summed E-state index contributed by atoms with van der Waals surface area (Å²) in [6.45, 7) is 0. The number of hydrogen-bond acceptors (Lipinski definition) is 6. The van der Waals surface area contributed by atoms with Gasteiger partial charge in [-0.1, -0.05) is 11.8 Å². The fourth-order valence-electron chi connectivity index (χ4n) is 1.98. The predicted octanol–water partition coefficient (Wildman–Crippen LogP) is 3.69. The average molecular weight is 358 g/mol. The Kier molecular flexibility index (Phi) is 4.31. The van der Waals surface area contributed by atoms with E-state index in [2.05, 4.69) is 15.0 Å². The van der Waals surface area contributed by atoms with E-state index in [0.29, 0.717) is 34.9 Å². The standard InChI is InChI=1S/C14H10F4N4OS/c15-9-6-23-10-5-20-7(3-8(9)10)1-2-24-13-21-11(14(16,17)18)4-12(19)22-13/h3-6H,1-2H2,(H2,19,21,22). The number of alkyl halides is 3. The van der Waals surface area contributed by atoms with Crippen molar-refractivity contribution in [1.29, 1.82) is 0 Å². The van der Waals surface area contributed by atoms with Gasteiger partial charge in [0.15, 0.2) is 22.3 Å². The van der Waals surface area contributed by atoms with Gasteiger partial charge in [-0.2, -0.15) is 13.2 Å². The second kappa shape index (κ2) is 6.27. The summed E-state index contributed by atoms with van der Waals surface area (Å²) in [7, 11) is 0. The van der Waals surface area contributed by atoms with Gasteiger partial charge in [0.25, 0.3) is 0 Å². The van der Waals surface area contributed by atoms with E-state index in [-0.39, 0.29) is 11.0 Å². The van der Waals surface area contributed by atoms with Crippen LogP contribution >= 0.6 is 11.8 Å². The summed E-state index contributed by atoms with van der Waals surface area (Å²) in [6, 6.07) is 2.22. The zero-order chi connectivity index (χ0) is 17.3. The molecule has 0 aliphatic heterocycles. The molecule has 0 bridgehead atoms. The summed E-state index contributed by atoms with van der Waals surface area (Å²) in [5.74, 6) is -0.381. The second-order valence-corrected chi connectivity index (χ2v) is 5.87. The van der Waals surface area contributed by atoms with Crippen molar-refractivity contribution < 1.29 is 22.0 Å². The van der Waals surface area contributed by atoms with E-state index >= 15 is 0 Å². The summed E-state index contributed by atoms with van der Waals surface area (Å²) in [5, 5.41) is 0.238. The van der Waals surface area contributed by atoms with Crippen molar-refractivity contribution >= 4 is 28.5 Å². The van der Waals surface area contributed by atoms with Crippen LogP contribution in [0.25, 0.3) is 11.0 Å². The maximum atomic E-state index is 13.4. The molecule has 0 atom stereocenters. The van der Waals surface area contributed by atoms with Gasteiger partial charge >= 0.3 is 6.18 Å². The van der Waals surface area contributed by atoms with Crippen LogP contribution in [0, 0.1) is 5.82 Å². The number of nitrogen functional groups attached to an aromatic ring is 1. The Balaban J connectivity index is 1.69. The number of pyridine rings is 1. The highest BCUT2D eigenvalue weighted by Crippen LogP contribution is 2.30. The molecule has 0 aliphatic rings. The number of halogens is 4. The van der Waals surface area contributed by atoms with Crippen molar-refractivity contribution in [3.63, 3.8) is 0 Å². The molecule has 0 amide bonds. The van der Waals surface area contributed by atoms with Crippen molar-refractivity contribution in [3.8, 4) is 0 Å². The van der Waals surface area contributed by atoms with E-state index in [1.807, 2.05) is 0 Å². The molecule has 0 aromatic carbocycles. The molecule has 0 saturated heterocycles. The maximum Gasteiger partial charge on any atom is 0.433 e. The first-order valence-electron chi connectivity index (χ1n) is 6.69. The maximum absolute atomic E-state index is 13.4. The second-order valence-electron chi connectivity index (χ2n) is 4.81. The normalized spacial score (nSPS) is 12.0. The number of hydrogen-bond donors (Lipinski definition) is 1. The lowest BCUT2D eigenvalue weighted by atomic mass is 10.2. The smallest absolute Gasteiger partial charge is 0.433 e. The van der Waals surface area contributed by atoms with Crippen LogP contribution in [0.1, 0.15) is 11.4 Å². The number of rotatable bonds is 4. The quantitative estimate of drug-likeness (QED) is 0.435. The molecule has 3 rings (SSSR count). The largest absolute Gasteiger partial charge is 0.460 e. The fraction of sp³-hybridized carbons (Fsp3) is 0.214. The Morgan fingerprint density at radius 1 is 1.21 bits per heavy atom. The first-order chi connectivity index (χ1) is 11.3.